The Hall–Kier alpha value is 1.30. The Morgan fingerprint density at radius 1 is 1.33 bits per heavy atom. The number of aliphatic hydroxyl groups is 1. The minimum atomic E-state index is -5.17. The molecule has 0 radical (unpaired) electrons. The van der Waals surface area contributed by atoms with Gasteiger partial charge in [0.25, 0.3) is 0 Å². The number of rotatable bonds is 1. The Labute approximate surface area is 114 Å². The van der Waals surface area contributed by atoms with Gasteiger partial charge in [-0.15, -0.1) is 0 Å². The molecule has 0 aromatic rings. The molecular formula is C2H5NNa2O6S. The Kier molecular flexibility index (Phi) is 23.8. The summed E-state index contributed by atoms with van der Waals surface area (Å²) >= 11 is 0. The molecule has 3 N–H and O–H groups in total. The molecule has 0 bridgehead atoms. The first kappa shape index (κ1) is 23.3. The molecule has 62 valence electrons. The van der Waals surface area contributed by atoms with E-state index in [1.807, 2.05) is 0 Å². The Morgan fingerprint density at radius 3 is 1.42 bits per heavy atom. The molecule has 0 heterocycles. The summed E-state index contributed by atoms with van der Waals surface area (Å²) in [5.41, 5.74) is 4.40. The van der Waals surface area contributed by atoms with Crippen LogP contribution >= 0.6 is 0 Å². The maximum Gasteiger partial charge on any atom is 1.00 e. The fourth-order valence-corrected chi connectivity index (χ4v) is 0. The van der Waals surface area contributed by atoms with Crippen molar-refractivity contribution in [3.8, 4) is 0 Å². The van der Waals surface area contributed by atoms with Crippen LogP contribution < -0.4 is 64.8 Å². The van der Waals surface area contributed by atoms with E-state index in [1.165, 1.54) is 0 Å². The second kappa shape index (κ2) is 12.3. The van der Waals surface area contributed by atoms with Crippen LogP contribution in [0.5, 0.6) is 0 Å². The third-order valence-corrected chi connectivity index (χ3v) is 0.156. The first-order chi connectivity index (χ1) is 4.27. The summed E-state index contributed by atoms with van der Waals surface area (Å²) in [4.78, 5) is 9.34. The molecule has 0 fully saturated rings. The topological polar surface area (TPSA) is 144 Å². The van der Waals surface area contributed by atoms with E-state index in [1.54, 1.807) is 0 Å². The first-order valence-corrected chi connectivity index (χ1v) is 3.16. The van der Waals surface area contributed by atoms with Gasteiger partial charge in [0.05, 0.1) is 0 Å². The summed E-state index contributed by atoms with van der Waals surface area (Å²) < 4.78 is 34.1. The second-order valence-electron chi connectivity index (χ2n) is 1.03. The molecule has 10 heteroatoms. The van der Waals surface area contributed by atoms with E-state index in [4.69, 9.17) is 22.6 Å². The molecule has 0 spiro atoms. The third-order valence-electron chi connectivity index (χ3n) is 0.156. The molecule has 0 aromatic heterocycles. The number of aliphatic hydroxyl groups excluding tert-OH is 1. The molecular weight excluding hydrogens is 212 g/mol. The average molecular weight is 217 g/mol. The summed E-state index contributed by atoms with van der Waals surface area (Å²) in [6.07, 6.45) is 0. The SMILES string of the molecule is NC(=O)CO.O=S(=O)([O-])[O-].[Na+].[Na+]. The van der Waals surface area contributed by atoms with Gasteiger partial charge >= 0.3 is 59.1 Å². The third kappa shape index (κ3) is 110. The number of nitrogens with two attached hydrogens (primary N) is 1. The minimum absolute atomic E-state index is 0. The predicted octanol–water partition coefficient (Wildman–Crippen LogP) is -8.87. The van der Waals surface area contributed by atoms with Crippen molar-refractivity contribution in [2.24, 2.45) is 5.73 Å². The summed E-state index contributed by atoms with van der Waals surface area (Å²) in [6.45, 7) is -0.556. The number of hydrogen-bond donors (Lipinski definition) is 2. The maximum absolute atomic E-state index is 9.34. The van der Waals surface area contributed by atoms with Crippen LogP contribution in [0.15, 0.2) is 0 Å². The van der Waals surface area contributed by atoms with Crippen LogP contribution in [0.3, 0.4) is 0 Å². The molecule has 0 aromatic carbocycles. The van der Waals surface area contributed by atoms with Crippen LogP contribution in [0.2, 0.25) is 0 Å². The number of amides is 1. The van der Waals surface area contributed by atoms with Crippen LogP contribution in [-0.2, 0) is 15.2 Å². The molecule has 0 rings (SSSR count). The predicted molar refractivity (Wildman–Crippen MR) is 26.8 cm³/mol. The molecule has 0 aliphatic carbocycles. The smallest absolute Gasteiger partial charge is 0.759 e. The molecule has 0 unspecified atom stereocenters. The molecule has 1 amide bonds. The number of primary amides is 1. The van der Waals surface area contributed by atoms with Crippen LogP contribution in [0.25, 0.3) is 0 Å². The minimum Gasteiger partial charge on any atom is -0.759 e. The second-order valence-corrected chi connectivity index (χ2v) is 1.85. The normalized spacial score (nSPS) is 7.92. The van der Waals surface area contributed by atoms with Crippen molar-refractivity contribution < 1.29 is 86.5 Å². The number of hydrogen-bond acceptors (Lipinski definition) is 6. The van der Waals surface area contributed by atoms with Crippen molar-refractivity contribution in [2.75, 3.05) is 6.61 Å². The molecule has 7 nitrogen and oxygen atoms in total. The van der Waals surface area contributed by atoms with Gasteiger partial charge < -0.3 is 19.9 Å². The maximum atomic E-state index is 9.34. The zero-order valence-corrected chi connectivity index (χ0v) is 11.5. The first-order valence-electron chi connectivity index (χ1n) is 1.83. The summed E-state index contributed by atoms with van der Waals surface area (Å²) in [5, 5.41) is 7.67. The monoisotopic (exact) mass is 217 g/mol. The largest absolute Gasteiger partial charge is 1.00 e. The molecule has 0 saturated heterocycles. The van der Waals surface area contributed by atoms with E-state index in [2.05, 4.69) is 5.73 Å². The van der Waals surface area contributed by atoms with Crippen LogP contribution in [0, 0.1) is 0 Å². The van der Waals surface area contributed by atoms with Crippen molar-refractivity contribution in [1.82, 2.24) is 0 Å². The van der Waals surface area contributed by atoms with Crippen molar-refractivity contribution in [1.29, 1.82) is 0 Å². The van der Waals surface area contributed by atoms with Gasteiger partial charge in [-0.05, 0) is 0 Å². The molecule has 12 heavy (non-hydrogen) atoms. The van der Waals surface area contributed by atoms with Gasteiger partial charge in [0.15, 0.2) is 0 Å². The van der Waals surface area contributed by atoms with Crippen molar-refractivity contribution in [2.45, 2.75) is 0 Å². The summed E-state index contributed by atoms with van der Waals surface area (Å²) in [6, 6.07) is 0. The average Bonchev–Trinajstić information content (AvgIpc) is 1.61. The van der Waals surface area contributed by atoms with Gasteiger partial charge in [-0.1, -0.05) is 0 Å². The zero-order valence-electron chi connectivity index (χ0n) is 6.68. The van der Waals surface area contributed by atoms with Gasteiger partial charge in [0, 0.05) is 10.4 Å². The summed E-state index contributed by atoms with van der Waals surface area (Å²) in [7, 11) is -5.17. The Bertz CT molecular complexity index is 182. The molecule has 0 atom stereocenters. The molecule has 0 saturated carbocycles. The van der Waals surface area contributed by atoms with Crippen LogP contribution in [-0.4, -0.2) is 35.1 Å². The van der Waals surface area contributed by atoms with Crippen LogP contribution in [0.4, 0.5) is 0 Å². The van der Waals surface area contributed by atoms with E-state index in [0.29, 0.717) is 0 Å². The fraction of sp³-hybridized carbons (Fsp3) is 0.500. The molecule has 0 aliphatic heterocycles. The van der Waals surface area contributed by atoms with E-state index in [0.717, 1.165) is 0 Å². The summed E-state index contributed by atoms with van der Waals surface area (Å²) in [5.74, 6) is -0.690. The van der Waals surface area contributed by atoms with Crippen molar-refractivity contribution in [3.63, 3.8) is 0 Å². The number of carbonyl (C=O) groups is 1. The van der Waals surface area contributed by atoms with Crippen molar-refractivity contribution >= 4 is 16.3 Å². The quantitative estimate of drug-likeness (QED) is 0.253. The Morgan fingerprint density at radius 2 is 1.42 bits per heavy atom. The van der Waals surface area contributed by atoms with E-state index >= 15 is 0 Å². The van der Waals surface area contributed by atoms with E-state index < -0.39 is 22.9 Å². The van der Waals surface area contributed by atoms with Gasteiger partial charge in [0.1, 0.15) is 6.61 Å². The van der Waals surface area contributed by atoms with Gasteiger partial charge in [0.2, 0.25) is 5.91 Å². The van der Waals surface area contributed by atoms with Crippen molar-refractivity contribution in [3.05, 3.63) is 0 Å². The standard InChI is InChI=1S/C2H5NO2.2Na.H2O4S/c3-2(5)1-4;;;1-5(2,3)4/h4H,1H2,(H2,3,5);;;(H2,1,2,3,4)/q;2*+1;/p-2. The van der Waals surface area contributed by atoms with Gasteiger partial charge in [-0.2, -0.15) is 0 Å². The zero-order chi connectivity index (χ0) is 8.78. The van der Waals surface area contributed by atoms with Crippen LogP contribution in [0.1, 0.15) is 0 Å². The number of carbonyl (C=O) groups excluding carboxylic acids is 1. The van der Waals surface area contributed by atoms with E-state index in [-0.39, 0.29) is 59.1 Å². The van der Waals surface area contributed by atoms with E-state index in [9.17, 15) is 4.79 Å². The van der Waals surface area contributed by atoms with Gasteiger partial charge in [-0.3, -0.25) is 13.2 Å². The molecule has 0 aliphatic rings. The Balaban J connectivity index is -0.0000000457. The van der Waals surface area contributed by atoms with Gasteiger partial charge in [-0.25, -0.2) is 0 Å². The fourth-order valence-electron chi connectivity index (χ4n) is 0.